The fraction of sp³-hybridized carbons (Fsp3) is 0.200. The minimum Gasteiger partial charge on any atom is -0.307 e. The summed E-state index contributed by atoms with van der Waals surface area (Å²) in [5, 5.41) is 2.59. The number of nitrogens with zero attached hydrogens (tertiary/aromatic N) is 3. The van der Waals surface area contributed by atoms with E-state index in [0.29, 0.717) is 5.82 Å². The number of aromatic nitrogens is 3. The van der Waals surface area contributed by atoms with Gasteiger partial charge in [-0.15, -0.1) is 0 Å². The molecule has 0 spiro atoms. The number of carbonyl (C=O) groups excluding carboxylic acids is 1. The second-order valence-corrected chi connectivity index (χ2v) is 4.89. The maximum atomic E-state index is 11.9. The zero-order chi connectivity index (χ0) is 16.3. The van der Waals surface area contributed by atoms with Crippen molar-refractivity contribution in [2.45, 2.75) is 6.92 Å². The molecule has 0 aliphatic rings. The van der Waals surface area contributed by atoms with Crippen LogP contribution in [0.5, 0.6) is 0 Å². The second-order valence-electron chi connectivity index (χ2n) is 4.89. The molecule has 7 nitrogen and oxygen atoms in total. The molecule has 1 N–H and O–H groups in total. The van der Waals surface area contributed by atoms with Crippen molar-refractivity contribution in [1.29, 1.82) is 0 Å². The second kappa shape index (κ2) is 6.21. The Morgan fingerprint density at radius 2 is 2.00 bits per heavy atom. The minimum atomic E-state index is -0.458. The lowest BCUT2D eigenvalue weighted by Gasteiger charge is -2.03. The molecule has 0 aliphatic carbocycles. The van der Waals surface area contributed by atoms with Crippen molar-refractivity contribution < 1.29 is 4.79 Å². The highest BCUT2D eigenvalue weighted by Crippen LogP contribution is 2.04. The topological polar surface area (TPSA) is 86.0 Å². The summed E-state index contributed by atoms with van der Waals surface area (Å²) in [5.74, 6) is 0.0147. The number of amides is 1. The standard InChI is InChI=1S/C15H16N4O3/c1-10-4-6-12(16-8-10)17-13(20)7-5-11-9-18(2)15(22)19(3)14(11)21/h4-9H,1-3H3,(H,16,17,20)/b7-5+. The van der Waals surface area contributed by atoms with Gasteiger partial charge in [-0.2, -0.15) is 0 Å². The molecule has 7 heteroatoms. The summed E-state index contributed by atoms with van der Waals surface area (Å²) in [6.07, 6.45) is 5.62. The summed E-state index contributed by atoms with van der Waals surface area (Å²) in [4.78, 5) is 39.3. The summed E-state index contributed by atoms with van der Waals surface area (Å²) >= 11 is 0. The predicted octanol–water partition coefficient (Wildman–Crippen LogP) is 0.439. The van der Waals surface area contributed by atoms with Crippen molar-refractivity contribution in [1.82, 2.24) is 14.1 Å². The minimum absolute atomic E-state index is 0.247. The molecule has 22 heavy (non-hydrogen) atoms. The van der Waals surface area contributed by atoms with Gasteiger partial charge in [-0.25, -0.2) is 9.78 Å². The third-order valence-electron chi connectivity index (χ3n) is 3.05. The largest absolute Gasteiger partial charge is 0.330 e. The van der Waals surface area contributed by atoms with Crippen LogP contribution in [-0.4, -0.2) is 20.0 Å². The Labute approximate surface area is 126 Å². The van der Waals surface area contributed by atoms with Crippen molar-refractivity contribution in [3.8, 4) is 0 Å². The molecule has 0 aliphatic heterocycles. The van der Waals surface area contributed by atoms with Gasteiger partial charge in [-0.05, 0) is 24.6 Å². The molecule has 0 fully saturated rings. The van der Waals surface area contributed by atoms with Gasteiger partial charge in [0.05, 0.1) is 5.56 Å². The van der Waals surface area contributed by atoms with E-state index in [1.54, 1.807) is 12.3 Å². The van der Waals surface area contributed by atoms with E-state index in [9.17, 15) is 14.4 Å². The molecule has 1 amide bonds. The fourth-order valence-corrected chi connectivity index (χ4v) is 1.83. The van der Waals surface area contributed by atoms with Crippen LogP contribution in [0, 0.1) is 6.92 Å². The number of carbonyl (C=O) groups is 1. The van der Waals surface area contributed by atoms with Gasteiger partial charge in [0, 0.05) is 32.6 Å². The van der Waals surface area contributed by atoms with Gasteiger partial charge < -0.3 is 9.88 Å². The Morgan fingerprint density at radius 3 is 2.64 bits per heavy atom. The first kappa shape index (κ1) is 15.4. The first-order valence-corrected chi connectivity index (χ1v) is 6.57. The van der Waals surface area contributed by atoms with Crippen LogP contribution >= 0.6 is 0 Å². The van der Waals surface area contributed by atoms with E-state index in [0.717, 1.165) is 10.1 Å². The van der Waals surface area contributed by atoms with Crippen LogP contribution < -0.4 is 16.6 Å². The van der Waals surface area contributed by atoms with E-state index in [1.165, 1.54) is 37.0 Å². The Hall–Kier alpha value is -2.96. The molecule has 0 aromatic carbocycles. The molecule has 0 bridgehead atoms. The lowest BCUT2D eigenvalue weighted by molar-refractivity contribution is -0.111. The maximum absolute atomic E-state index is 11.9. The van der Waals surface area contributed by atoms with Crippen LogP contribution in [0.25, 0.3) is 6.08 Å². The van der Waals surface area contributed by atoms with Crippen molar-refractivity contribution in [2.24, 2.45) is 14.1 Å². The number of hydrogen-bond donors (Lipinski definition) is 1. The van der Waals surface area contributed by atoms with Gasteiger partial charge in [0.1, 0.15) is 5.82 Å². The van der Waals surface area contributed by atoms with Crippen molar-refractivity contribution in [3.05, 3.63) is 62.6 Å². The van der Waals surface area contributed by atoms with Gasteiger partial charge in [-0.3, -0.25) is 14.2 Å². The van der Waals surface area contributed by atoms with Gasteiger partial charge in [0.25, 0.3) is 5.56 Å². The normalized spacial score (nSPS) is 10.9. The molecule has 0 unspecified atom stereocenters. The molecule has 2 aromatic heterocycles. The Morgan fingerprint density at radius 1 is 1.27 bits per heavy atom. The Balaban J connectivity index is 2.18. The third kappa shape index (κ3) is 3.38. The molecule has 0 saturated carbocycles. The zero-order valence-corrected chi connectivity index (χ0v) is 12.5. The Bertz CT molecular complexity index is 845. The highest BCUT2D eigenvalue weighted by Gasteiger charge is 2.05. The van der Waals surface area contributed by atoms with Crippen molar-refractivity contribution in [2.75, 3.05) is 5.32 Å². The summed E-state index contributed by atoms with van der Waals surface area (Å²) in [5.41, 5.74) is 0.356. The van der Waals surface area contributed by atoms with Crippen LogP contribution in [-0.2, 0) is 18.9 Å². The summed E-state index contributed by atoms with van der Waals surface area (Å²) in [7, 11) is 2.92. The first-order chi connectivity index (χ1) is 10.4. The van der Waals surface area contributed by atoms with Gasteiger partial charge >= 0.3 is 5.69 Å². The number of rotatable bonds is 3. The quantitative estimate of drug-likeness (QED) is 0.833. The summed E-state index contributed by atoms with van der Waals surface area (Å²) in [6.45, 7) is 1.90. The van der Waals surface area contributed by atoms with Crippen molar-refractivity contribution in [3.63, 3.8) is 0 Å². The molecule has 114 valence electrons. The molecule has 0 atom stereocenters. The number of nitrogens with one attached hydrogen (secondary N) is 1. The highest BCUT2D eigenvalue weighted by atomic mass is 16.2. The zero-order valence-electron chi connectivity index (χ0n) is 12.5. The fourth-order valence-electron chi connectivity index (χ4n) is 1.83. The van der Waals surface area contributed by atoms with E-state index >= 15 is 0 Å². The maximum Gasteiger partial charge on any atom is 0.330 e. The molecule has 0 saturated heterocycles. The van der Waals surface area contributed by atoms with Crippen LogP contribution in [0.3, 0.4) is 0 Å². The monoisotopic (exact) mass is 300 g/mol. The van der Waals surface area contributed by atoms with Crippen LogP contribution in [0.1, 0.15) is 11.1 Å². The SMILES string of the molecule is Cc1ccc(NC(=O)/C=C/c2cn(C)c(=O)n(C)c2=O)nc1. The first-order valence-electron chi connectivity index (χ1n) is 6.57. The average Bonchev–Trinajstić information content (AvgIpc) is 2.50. The van der Waals surface area contributed by atoms with E-state index in [1.807, 2.05) is 13.0 Å². The number of anilines is 1. The van der Waals surface area contributed by atoms with E-state index in [-0.39, 0.29) is 5.56 Å². The van der Waals surface area contributed by atoms with Gasteiger partial charge in [0.2, 0.25) is 5.91 Å². The number of hydrogen-bond acceptors (Lipinski definition) is 4. The molecular weight excluding hydrogens is 284 g/mol. The predicted molar refractivity (Wildman–Crippen MR) is 83.6 cm³/mol. The smallest absolute Gasteiger partial charge is 0.307 e. The number of pyridine rings is 1. The third-order valence-corrected chi connectivity index (χ3v) is 3.05. The number of aryl methyl sites for hydroxylation is 2. The van der Waals surface area contributed by atoms with E-state index < -0.39 is 17.2 Å². The lowest BCUT2D eigenvalue weighted by atomic mass is 10.3. The highest BCUT2D eigenvalue weighted by molar-refractivity contribution is 6.01. The van der Waals surface area contributed by atoms with Crippen LogP contribution in [0.4, 0.5) is 5.82 Å². The Kier molecular flexibility index (Phi) is 4.36. The van der Waals surface area contributed by atoms with E-state index in [4.69, 9.17) is 0 Å². The summed E-state index contributed by atoms with van der Waals surface area (Å²) < 4.78 is 2.26. The van der Waals surface area contributed by atoms with Crippen LogP contribution in [0.15, 0.2) is 40.2 Å². The summed E-state index contributed by atoms with van der Waals surface area (Å²) in [6, 6.07) is 3.52. The van der Waals surface area contributed by atoms with E-state index in [2.05, 4.69) is 10.3 Å². The molecule has 2 heterocycles. The average molecular weight is 300 g/mol. The van der Waals surface area contributed by atoms with Crippen LogP contribution in [0.2, 0.25) is 0 Å². The van der Waals surface area contributed by atoms with Gasteiger partial charge in [-0.1, -0.05) is 6.07 Å². The molecule has 2 rings (SSSR count). The molecule has 2 aromatic rings. The lowest BCUT2D eigenvalue weighted by Crippen LogP contribution is -2.37. The molecular formula is C15H16N4O3. The van der Waals surface area contributed by atoms with Gasteiger partial charge in [0.15, 0.2) is 0 Å². The van der Waals surface area contributed by atoms with Crippen molar-refractivity contribution >= 4 is 17.8 Å². The molecule has 0 radical (unpaired) electrons.